The molecule has 21 heavy (non-hydrogen) atoms. The average Bonchev–Trinajstić information content (AvgIpc) is 2.96. The summed E-state index contributed by atoms with van der Waals surface area (Å²) in [5, 5.41) is 0.856. The Morgan fingerprint density at radius 1 is 1.24 bits per heavy atom. The molecule has 4 rings (SSSR count). The summed E-state index contributed by atoms with van der Waals surface area (Å²) in [5.74, 6) is 0.487. The Bertz CT molecular complexity index is 685. The number of piperidine rings is 1. The number of hydrogen-bond acceptors (Lipinski definition) is 3. The Labute approximate surface area is 124 Å². The summed E-state index contributed by atoms with van der Waals surface area (Å²) in [7, 11) is 0. The molecule has 2 aliphatic rings. The first kappa shape index (κ1) is 12.9. The van der Waals surface area contributed by atoms with E-state index in [0.29, 0.717) is 22.9 Å². The minimum Gasteiger partial charge on any atom is -0.398 e. The SMILES string of the molecule is Nc1cc(F)c(N2CCCC3CCCC32)c2ncccc12. The van der Waals surface area contributed by atoms with Crippen LogP contribution in [0.25, 0.3) is 10.9 Å². The van der Waals surface area contributed by atoms with Crippen LogP contribution in [0.1, 0.15) is 32.1 Å². The summed E-state index contributed by atoms with van der Waals surface area (Å²) in [6, 6.07) is 5.71. The quantitative estimate of drug-likeness (QED) is 0.812. The second kappa shape index (κ2) is 4.86. The normalized spacial score (nSPS) is 25.3. The molecule has 0 spiro atoms. The van der Waals surface area contributed by atoms with E-state index in [1.54, 1.807) is 6.20 Å². The highest BCUT2D eigenvalue weighted by molar-refractivity contribution is 5.99. The third-order valence-electron chi connectivity index (χ3n) is 5.13. The largest absolute Gasteiger partial charge is 0.398 e. The van der Waals surface area contributed by atoms with Crippen molar-refractivity contribution in [3.63, 3.8) is 0 Å². The van der Waals surface area contributed by atoms with E-state index < -0.39 is 0 Å². The molecule has 0 bridgehead atoms. The molecule has 2 unspecified atom stereocenters. The molecule has 110 valence electrons. The highest BCUT2D eigenvalue weighted by Crippen LogP contribution is 2.42. The van der Waals surface area contributed by atoms with Gasteiger partial charge in [0.05, 0.1) is 5.52 Å². The van der Waals surface area contributed by atoms with Crippen molar-refractivity contribution in [2.45, 2.75) is 38.1 Å². The lowest BCUT2D eigenvalue weighted by Gasteiger charge is -2.40. The molecule has 0 amide bonds. The van der Waals surface area contributed by atoms with Crippen LogP contribution in [0.4, 0.5) is 15.8 Å². The molecule has 0 radical (unpaired) electrons. The molecular formula is C17H20FN3. The first-order chi connectivity index (χ1) is 10.3. The molecular weight excluding hydrogens is 265 g/mol. The van der Waals surface area contributed by atoms with Crippen molar-refractivity contribution in [2.75, 3.05) is 17.2 Å². The number of rotatable bonds is 1. The van der Waals surface area contributed by atoms with Crippen molar-refractivity contribution in [3.8, 4) is 0 Å². The average molecular weight is 285 g/mol. The molecule has 1 aliphatic heterocycles. The number of benzene rings is 1. The smallest absolute Gasteiger partial charge is 0.150 e. The molecule has 1 saturated heterocycles. The van der Waals surface area contributed by atoms with E-state index in [9.17, 15) is 4.39 Å². The van der Waals surface area contributed by atoms with E-state index in [2.05, 4.69) is 9.88 Å². The van der Waals surface area contributed by atoms with Crippen LogP contribution in [-0.4, -0.2) is 17.6 Å². The zero-order valence-corrected chi connectivity index (χ0v) is 12.1. The van der Waals surface area contributed by atoms with Gasteiger partial charge in [0.1, 0.15) is 5.69 Å². The lowest BCUT2D eigenvalue weighted by atomic mass is 9.91. The number of pyridine rings is 1. The van der Waals surface area contributed by atoms with Gasteiger partial charge in [0.15, 0.2) is 5.82 Å². The Morgan fingerprint density at radius 2 is 2.10 bits per heavy atom. The van der Waals surface area contributed by atoms with E-state index in [0.717, 1.165) is 24.3 Å². The fourth-order valence-electron chi connectivity index (χ4n) is 4.23. The van der Waals surface area contributed by atoms with Gasteiger partial charge in [0.25, 0.3) is 0 Å². The van der Waals surface area contributed by atoms with Crippen LogP contribution in [0, 0.1) is 11.7 Å². The fraction of sp³-hybridized carbons (Fsp3) is 0.471. The predicted octanol–water partition coefficient (Wildman–Crippen LogP) is 3.73. The third-order valence-corrected chi connectivity index (χ3v) is 5.13. The van der Waals surface area contributed by atoms with Crippen molar-refractivity contribution < 1.29 is 4.39 Å². The summed E-state index contributed by atoms with van der Waals surface area (Å²) in [4.78, 5) is 6.70. The molecule has 1 aromatic carbocycles. The van der Waals surface area contributed by atoms with Gasteiger partial charge in [-0.2, -0.15) is 0 Å². The lowest BCUT2D eigenvalue weighted by Crippen LogP contribution is -2.43. The monoisotopic (exact) mass is 285 g/mol. The number of nitrogens with two attached hydrogens (primary N) is 1. The Balaban J connectivity index is 1.89. The molecule has 1 saturated carbocycles. The van der Waals surface area contributed by atoms with E-state index >= 15 is 0 Å². The standard InChI is InChI=1S/C17H20FN3/c18-13-10-14(19)12-6-2-8-20-16(12)17(13)21-9-3-5-11-4-1-7-15(11)21/h2,6,8,10-11,15H,1,3-5,7,9,19H2. The summed E-state index contributed by atoms with van der Waals surface area (Å²) < 4.78 is 14.7. The second-order valence-electron chi connectivity index (χ2n) is 6.29. The first-order valence-electron chi connectivity index (χ1n) is 7.85. The number of fused-ring (bicyclic) bond motifs is 2. The maximum absolute atomic E-state index is 14.7. The van der Waals surface area contributed by atoms with Crippen LogP contribution in [0.15, 0.2) is 24.4 Å². The summed E-state index contributed by atoms with van der Waals surface area (Å²) in [6.07, 6.45) is 7.85. The third kappa shape index (κ3) is 1.96. The summed E-state index contributed by atoms with van der Waals surface area (Å²) in [6.45, 7) is 0.924. The second-order valence-corrected chi connectivity index (χ2v) is 6.29. The highest BCUT2D eigenvalue weighted by Gasteiger charge is 2.36. The highest BCUT2D eigenvalue weighted by atomic mass is 19.1. The predicted molar refractivity (Wildman–Crippen MR) is 83.8 cm³/mol. The van der Waals surface area contributed by atoms with Gasteiger partial charge in [-0.3, -0.25) is 4.98 Å². The van der Waals surface area contributed by atoms with E-state index in [1.807, 2.05) is 12.1 Å². The molecule has 2 aromatic rings. The summed E-state index contributed by atoms with van der Waals surface area (Å²) >= 11 is 0. The summed E-state index contributed by atoms with van der Waals surface area (Å²) in [5.41, 5.74) is 7.81. The maximum Gasteiger partial charge on any atom is 0.150 e. The molecule has 2 fully saturated rings. The Kier molecular flexibility index (Phi) is 2.98. The molecule has 2 atom stereocenters. The molecule has 1 aromatic heterocycles. The Morgan fingerprint density at radius 3 is 3.00 bits per heavy atom. The van der Waals surface area contributed by atoms with Crippen molar-refractivity contribution >= 4 is 22.3 Å². The number of anilines is 2. The van der Waals surface area contributed by atoms with Gasteiger partial charge >= 0.3 is 0 Å². The van der Waals surface area contributed by atoms with Gasteiger partial charge in [0, 0.05) is 29.9 Å². The molecule has 2 N–H and O–H groups in total. The zero-order chi connectivity index (χ0) is 14.4. The zero-order valence-electron chi connectivity index (χ0n) is 12.1. The van der Waals surface area contributed by atoms with Crippen LogP contribution in [0.5, 0.6) is 0 Å². The molecule has 3 nitrogen and oxygen atoms in total. The molecule has 1 aliphatic carbocycles. The van der Waals surface area contributed by atoms with Crippen LogP contribution in [-0.2, 0) is 0 Å². The topological polar surface area (TPSA) is 42.1 Å². The van der Waals surface area contributed by atoms with Crippen LogP contribution >= 0.6 is 0 Å². The van der Waals surface area contributed by atoms with Gasteiger partial charge in [-0.05, 0) is 49.8 Å². The van der Waals surface area contributed by atoms with Crippen molar-refractivity contribution in [3.05, 3.63) is 30.2 Å². The van der Waals surface area contributed by atoms with Gasteiger partial charge < -0.3 is 10.6 Å². The van der Waals surface area contributed by atoms with Gasteiger partial charge in [-0.15, -0.1) is 0 Å². The fourth-order valence-corrected chi connectivity index (χ4v) is 4.23. The van der Waals surface area contributed by atoms with Crippen LogP contribution in [0.3, 0.4) is 0 Å². The minimum atomic E-state index is -0.230. The van der Waals surface area contributed by atoms with Gasteiger partial charge in [-0.1, -0.05) is 6.42 Å². The number of nitrogen functional groups attached to an aromatic ring is 1. The minimum absolute atomic E-state index is 0.230. The number of halogens is 1. The van der Waals surface area contributed by atoms with E-state index in [1.165, 1.54) is 31.7 Å². The maximum atomic E-state index is 14.7. The molecule has 4 heteroatoms. The van der Waals surface area contributed by atoms with Crippen LogP contribution < -0.4 is 10.6 Å². The first-order valence-corrected chi connectivity index (χ1v) is 7.85. The van der Waals surface area contributed by atoms with Crippen molar-refractivity contribution in [1.29, 1.82) is 0 Å². The van der Waals surface area contributed by atoms with Gasteiger partial charge in [-0.25, -0.2) is 4.39 Å². The van der Waals surface area contributed by atoms with Crippen LogP contribution in [0.2, 0.25) is 0 Å². The van der Waals surface area contributed by atoms with Crippen molar-refractivity contribution in [1.82, 2.24) is 4.98 Å². The van der Waals surface area contributed by atoms with Gasteiger partial charge in [0.2, 0.25) is 0 Å². The number of nitrogens with zero attached hydrogens (tertiary/aromatic N) is 2. The Hall–Kier alpha value is -1.84. The molecule has 2 heterocycles. The number of aromatic nitrogens is 1. The van der Waals surface area contributed by atoms with Crippen molar-refractivity contribution in [2.24, 2.45) is 5.92 Å². The number of hydrogen-bond donors (Lipinski definition) is 1. The van der Waals surface area contributed by atoms with E-state index in [4.69, 9.17) is 5.73 Å². The lowest BCUT2D eigenvalue weighted by molar-refractivity contribution is 0.360. The van der Waals surface area contributed by atoms with E-state index in [-0.39, 0.29) is 5.82 Å².